The van der Waals surface area contributed by atoms with Crippen molar-refractivity contribution in [2.45, 2.75) is 0 Å². The lowest BCUT2D eigenvalue weighted by atomic mass is 10.2. The van der Waals surface area contributed by atoms with Crippen LogP contribution in [0.15, 0.2) is 30.3 Å². The third kappa shape index (κ3) is 2.06. The number of nitrogens with two attached hydrogens (primary N) is 1. The summed E-state index contributed by atoms with van der Waals surface area (Å²) in [6.07, 6.45) is 0. The standard InChI is InChI=1S/C14H10F3N3O/c1-21-8-2-3-11-10(6-8)19-14(18)20(11)12-5-7(15)4-9(16)13(12)17/h2-6H,1H3,(H2,18,19). The van der Waals surface area contributed by atoms with Crippen molar-refractivity contribution in [1.29, 1.82) is 0 Å². The number of aromatic nitrogens is 2. The van der Waals surface area contributed by atoms with Crippen molar-refractivity contribution in [3.63, 3.8) is 0 Å². The number of nitrogen functional groups attached to an aromatic ring is 1. The van der Waals surface area contributed by atoms with E-state index in [4.69, 9.17) is 10.5 Å². The maximum absolute atomic E-state index is 13.9. The molecule has 0 bridgehead atoms. The van der Waals surface area contributed by atoms with E-state index in [9.17, 15) is 13.2 Å². The summed E-state index contributed by atoms with van der Waals surface area (Å²) in [4.78, 5) is 4.05. The smallest absolute Gasteiger partial charge is 0.206 e. The number of fused-ring (bicyclic) bond motifs is 1. The molecule has 0 aliphatic carbocycles. The summed E-state index contributed by atoms with van der Waals surface area (Å²) in [5.41, 5.74) is 6.25. The fraction of sp³-hybridized carbons (Fsp3) is 0.0714. The first-order valence-corrected chi connectivity index (χ1v) is 5.98. The Labute approximate surface area is 117 Å². The number of hydrogen-bond acceptors (Lipinski definition) is 3. The van der Waals surface area contributed by atoms with Crippen LogP contribution in [-0.4, -0.2) is 16.7 Å². The molecule has 1 aromatic heterocycles. The molecule has 0 aliphatic rings. The largest absolute Gasteiger partial charge is 0.497 e. The maximum atomic E-state index is 13.9. The summed E-state index contributed by atoms with van der Waals surface area (Å²) >= 11 is 0. The van der Waals surface area contributed by atoms with Crippen LogP contribution in [-0.2, 0) is 0 Å². The Morgan fingerprint density at radius 3 is 2.62 bits per heavy atom. The molecule has 108 valence electrons. The minimum Gasteiger partial charge on any atom is -0.497 e. The Kier molecular flexibility index (Phi) is 2.97. The van der Waals surface area contributed by atoms with Gasteiger partial charge in [0.15, 0.2) is 11.6 Å². The number of rotatable bonds is 2. The predicted molar refractivity (Wildman–Crippen MR) is 71.9 cm³/mol. The van der Waals surface area contributed by atoms with Crippen LogP contribution in [0.1, 0.15) is 0 Å². The molecule has 4 nitrogen and oxygen atoms in total. The number of hydrogen-bond donors (Lipinski definition) is 1. The zero-order chi connectivity index (χ0) is 15.1. The fourth-order valence-electron chi connectivity index (χ4n) is 2.16. The van der Waals surface area contributed by atoms with Gasteiger partial charge in [-0.15, -0.1) is 0 Å². The summed E-state index contributed by atoms with van der Waals surface area (Å²) in [6.45, 7) is 0. The minimum absolute atomic E-state index is 0.0813. The second-order valence-electron chi connectivity index (χ2n) is 4.38. The second kappa shape index (κ2) is 4.69. The van der Waals surface area contributed by atoms with Crippen molar-refractivity contribution >= 4 is 17.0 Å². The Morgan fingerprint density at radius 2 is 1.90 bits per heavy atom. The Balaban J connectivity index is 2.33. The van der Waals surface area contributed by atoms with E-state index in [-0.39, 0.29) is 11.6 Å². The lowest BCUT2D eigenvalue weighted by molar-refractivity contribution is 0.415. The van der Waals surface area contributed by atoms with Crippen molar-refractivity contribution < 1.29 is 17.9 Å². The molecule has 0 radical (unpaired) electrons. The van der Waals surface area contributed by atoms with E-state index in [1.807, 2.05) is 0 Å². The number of imidazole rings is 1. The summed E-state index contributed by atoms with van der Waals surface area (Å²) in [5, 5.41) is 0. The summed E-state index contributed by atoms with van der Waals surface area (Å²) in [5.74, 6) is -2.93. The molecule has 0 saturated heterocycles. The van der Waals surface area contributed by atoms with Crippen molar-refractivity contribution in [2.75, 3.05) is 12.8 Å². The molecule has 7 heteroatoms. The van der Waals surface area contributed by atoms with E-state index in [2.05, 4.69) is 4.98 Å². The molecule has 3 aromatic rings. The highest BCUT2D eigenvalue weighted by molar-refractivity contribution is 5.82. The summed E-state index contributed by atoms with van der Waals surface area (Å²) < 4.78 is 46.9. The van der Waals surface area contributed by atoms with Crippen LogP contribution < -0.4 is 10.5 Å². The van der Waals surface area contributed by atoms with Crippen molar-refractivity contribution in [1.82, 2.24) is 9.55 Å². The fourth-order valence-corrected chi connectivity index (χ4v) is 2.16. The van der Waals surface area contributed by atoms with Crippen molar-refractivity contribution in [3.8, 4) is 11.4 Å². The molecule has 2 aromatic carbocycles. The molecule has 0 amide bonds. The average molecular weight is 293 g/mol. The van der Waals surface area contributed by atoms with Gasteiger partial charge in [-0.1, -0.05) is 0 Å². The normalized spacial score (nSPS) is 11.0. The number of anilines is 1. The number of nitrogens with zero attached hydrogens (tertiary/aromatic N) is 2. The average Bonchev–Trinajstić information content (AvgIpc) is 2.77. The van der Waals surface area contributed by atoms with Gasteiger partial charge < -0.3 is 10.5 Å². The van der Waals surface area contributed by atoms with Gasteiger partial charge >= 0.3 is 0 Å². The molecule has 21 heavy (non-hydrogen) atoms. The van der Waals surface area contributed by atoms with E-state index in [1.165, 1.54) is 7.11 Å². The molecular formula is C14H10F3N3O. The van der Waals surface area contributed by atoms with E-state index in [0.29, 0.717) is 22.8 Å². The Bertz CT molecular complexity index is 845. The number of methoxy groups -OCH3 is 1. The zero-order valence-corrected chi connectivity index (χ0v) is 10.9. The van der Waals surface area contributed by atoms with Gasteiger partial charge in [0.1, 0.15) is 11.6 Å². The molecule has 0 saturated carbocycles. The van der Waals surface area contributed by atoms with Crippen LogP contribution in [0.5, 0.6) is 5.75 Å². The van der Waals surface area contributed by atoms with Crippen LogP contribution in [0, 0.1) is 17.5 Å². The number of ether oxygens (including phenoxy) is 1. The maximum Gasteiger partial charge on any atom is 0.206 e. The second-order valence-corrected chi connectivity index (χ2v) is 4.38. The van der Waals surface area contributed by atoms with Gasteiger partial charge in [-0.3, -0.25) is 4.57 Å². The van der Waals surface area contributed by atoms with Crippen LogP contribution in [0.4, 0.5) is 19.1 Å². The highest BCUT2D eigenvalue weighted by atomic mass is 19.2. The molecule has 0 spiro atoms. The lowest BCUT2D eigenvalue weighted by Gasteiger charge is -2.09. The minimum atomic E-state index is -1.29. The highest BCUT2D eigenvalue weighted by Crippen LogP contribution is 2.28. The van der Waals surface area contributed by atoms with E-state index in [0.717, 1.165) is 10.6 Å². The molecular weight excluding hydrogens is 283 g/mol. The number of halogens is 3. The van der Waals surface area contributed by atoms with E-state index >= 15 is 0 Å². The topological polar surface area (TPSA) is 53.1 Å². The Hall–Kier alpha value is -2.70. The lowest BCUT2D eigenvalue weighted by Crippen LogP contribution is -2.05. The van der Waals surface area contributed by atoms with Crippen molar-refractivity contribution in [2.24, 2.45) is 0 Å². The summed E-state index contributed by atoms with van der Waals surface area (Å²) in [6, 6.07) is 6.13. The molecule has 0 atom stereocenters. The summed E-state index contributed by atoms with van der Waals surface area (Å²) in [7, 11) is 1.49. The SMILES string of the molecule is COc1ccc2c(c1)nc(N)n2-c1cc(F)cc(F)c1F. The molecule has 0 unspecified atom stereocenters. The Morgan fingerprint density at radius 1 is 1.14 bits per heavy atom. The number of benzene rings is 2. The monoisotopic (exact) mass is 293 g/mol. The van der Waals surface area contributed by atoms with Crippen LogP contribution in [0.25, 0.3) is 16.7 Å². The van der Waals surface area contributed by atoms with Gasteiger partial charge in [-0.25, -0.2) is 18.2 Å². The van der Waals surface area contributed by atoms with Gasteiger partial charge in [0.2, 0.25) is 5.95 Å². The van der Waals surface area contributed by atoms with Crippen molar-refractivity contribution in [3.05, 3.63) is 47.8 Å². The van der Waals surface area contributed by atoms with Crippen LogP contribution in [0.3, 0.4) is 0 Å². The molecule has 0 fully saturated rings. The quantitative estimate of drug-likeness (QED) is 0.739. The van der Waals surface area contributed by atoms with Gasteiger partial charge in [0.25, 0.3) is 0 Å². The van der Waals surface area contributed by atoms with Gasteiger partial charge in [-0.2, -0.15) is 0 Å². The first-order valence-electron chi connectivity index (χ1n) is 5.98. The van der Waals surface area contributed by atoms with E-state index < -0.39 is 17.5 Å². The first kappa shape index (κ1) is 13.3. The first-order chi connectivity index (χ1) is 10.0. The predicted octanol–water partition coefficient (Wildman–Crippen LogP) is 3.03. The molecule has 2 N–H and O–H groups in total. The van der Waals surface area contributed by atoms with Gasteiger partial charge in [0, 0.05) is 18.2 Å². The van der Waals surface area contributed by atoms with E-state index in [1.54, 1.807) is 18.2 Å². The zero-order valence-electron chi connectivity index (χ0n) is 10.9. The highest BCUT2D eigenvalue weighted by Gasteiger charge is 2.18. The van der Waals surface area contributed by atoms with Gasteiger partial charge in [-0.05, 0) is 12.1 Å². The van der Waals surface area contributed by atoms with Gasteiger partial charge in [0.05, 0.1) is 23.8 Å². The third-order valence-electron chi connectivity index (χ3n) is 3.10. The van der Waals surface area contributed by atoms with Crippen LogP contribution >= 0.6 is 0 Å². The third-order valence-corrected chi connectivity index (χ3v) is 3.10. The van der Waals surface area contributed by atoms with Crippen LogP contribution in [0.2, 0.25) is 0 Å². The molecule has 1 heterocycles. The molecule has 0 aliphatic heterocycles. The molecule has 3 rings (SSSR count).